The van der Waals surface area contributed by atoms with E-state index in [-0.39, 0.29) is 5.56 Å². The molecule has 6 heteroatoms. The highest BCUT2D eigenvalue weighted by atomic mass is 32.1. The van der Waals surface area contributed by atoms with Gasteiger partial charge in [0.05, 0.1) is 17.8 Å². The SMILES string of the molecule is CC(C)c1ccc(-c2csc(N(Cc3cccs3)c3cccc(C(=O)O)c3)n2)cc1. The van der Waals surface area contributed by atoms with Crippen LogP contribution in [0.5, 0.6) is 0 Å². The number of nitrogens with zero attached hydrogens (tertiary/aromatic N) is 2. The summed E-state index contributed by atoms with van der Waals surface area (Å²) in [6.45, 7) is 5.01. The van der Waals surface area contributed by atoms with Crippen molar-refractivity contribution in [1.29, 1.82) is 0 Å². The standard InChI is InChI=1S/C24H22N2O2S2/c1-16(2)17-8-10-18(11-9-17)22-15-30-24(25-22)26(14-21-7-4-12-29-21)20-6-3-5-19(13-20)23(27)28/h3-13,15-16H,14H2,1-2H3,(H,27,28). The van der Waals surface area contributed by atoms with Crippen LogP contribution in [0, 0.1) is 0 Å². The van der Waals surface area contributed by atoms with Crippen molar-refractivity contribution in [2.24, 2.45) is 0 Å². The van der Waals surface area contributed by atoms with Gasteiger partial charge in [0.25, 0.3) is 0 Å². The topological polar surface area (TPSA) is 53.4 Å². The molecule has 0 saturated carbocycles. The number of hydrogen-bond donors (Lipinski definition) is 1. The summed E-state index contributed by atoms with van der Waals surface area (Å²) in [5.41, 5.74) is 4.40. The zero-order valence-corrected chi connectivity index (χ0v) is 18.4. The van der Waals surface area contributed by atoms with E-state index in [1.165, 1.54) is 10.4 Å². The fourth-order valence-corrected chi connectivity index (χ4v) is 4.74. The zero-order chi connectivity index (χ0) is 21.1. The molecule has 0 fully saturated rings. The maximum atomic E-state index is 11.5. The van der Waals surface area contributed by atoms with Crippen LogP contribution in [0.3, 0.4) is 0 Å². The molecule has 0 spiro atoms. The number of rotatable bonds is 7. The van der Waals surface area contributed by atoms with Crippen molar-refractivity contribution in [3.8, 4) is 11.3 Å². The summed E-state index contributed by atoms with van der Waals surface area (Å²) in [6.07, 6.45) is 0. The van der Waals surface area contributed by atoms with E-state index in [1.807, 2.05) is 17.5 Å². The second kappa shape index (κ2) is 8.81. The molecule has 0 bridgehead atoms. The number of thiophene rings is 1. The normalized spacial score (nSPS) is 11.0. The molecule has 152 valence electrons. The fourth-order valence-electron chi connectivity index (χ4n) is 3.19. The molecule has 0 aliphatic rings. The summed E-state index contributed by atoms with van der Waals surface area (Å²) in [7, 11) is 0. The number of carbonyl (C=O) groups is 1. The number of carboxylic acids is 1. The van der Waals surface area contributed by atoms with Crippen LogP contribution in [-0.4, -0.2) is 16.1 Å². The first-order chi connectivity index (χ1) is 14.5. The van der Waals surface area contributed by atoms with Crippen molar-refractivity contribution in [1.82, 2.24) is 4.98 Å². The lowest BCUT2D eigenvalue weighted by Gasteiger charge is -2.21. The predicted molar refractivity (Wildman–Crippen MR) is 125 cm³/mol. The van der Waals surface area contributed by atoms with Gasteiger partial charge in [0.1, 0.15) is 0 Å². The lowest BCUT2D eigenvalue weighted by atomic mass is 10.0. The molecule has 4 aromatic rings. The van der Waals surface area contributed by atoms with Gasteiger partial charge in [-0.3, -0.25) is 0 Å². The summed E-state index contributed by atoms with van der Waals surface area (Å²) < 4.78 is 0. The first-order valence-electron chi connectivity index (χ1n) is 9.70. The van der Waals surface area contributed by atoms with E-state index in [0.29, 0.717) is 12.5 Å². The van der Waals surface area contributed by atoms with Gasteiger partial charge in [0.15, 0.2) is 5.13 Å². The lowest BCUT2D eigenvalue weighted by molar-refractivity contribution is 0.0697. The molecule has 4 rings (SSSR count). The van der Waals surface area contributed by atoms with Crippen LogP contribution in [0.1, 0.15) is 40.6 Å². The Labute approximate surface area is 184 Å². The monoisotopic (exact) mass is 434 g/mol. The first kappa shape index (κ1) is 20.3. The summed E-state index contributed by atoms with van der Waals surface area (Å²) in [4.78, 5) is 19.6. The van der Waals surface area contributed by atoms with E-state index >= 15 is 0 Å². The number of carboxylic acid groups (broad SMARTS) is 1. The van der Waals surface area contributed by atoms with Crippen LogP contribution >= 0.6 is 22.7 Å². The predicted octanol–water partition coefficient (Wildman–Crippen LogP) is 7.03. The Morgan fingerprint density at radius 2 is 1.87 bits per heavy atom. The zero-order valence-electron chi connectivity index (χ0n) is 16.8. The summed E-state index contributed by atoms with van der Waals surface area (Å²) in [5, 5.41) is 14.3. The van der Waals surface area contributed by atoms with E-state index < -0.39 is 5.97 Å². The number of aromatic nitrogens is 1. The van der Waals surface area contributed by atoms with E-state index in [2.05, 4.69) is 54.5 Å². The minimum atomic E-state index is -0.932. The van der Waals surface area contributed by atoms with Crippen molar-refractivity contribution in [2.75, 3.05) is 4.90 Å². The molecule has 1 N–H and O–H groups in total. The van der Waals surface area contributed by atoms with E-state index in [1.54, 1.807) is 40.9 Å². The molecule has 30 heavy (non-hydrogen) atoms. The Balaban J connectivity index is 1.69. The molecule has 2 heterocycles. The number of hydrogen-bond acceptors (Lipinski definition) is 5. The molecule has 0 amide bonds. The maximum absolute atomic E-state index is 11.5. The number of anilines is 2. The average molecular weight is 435 g/mol. The minimum absolute atomic E-state index is 0.268. The van der Waals surface area contributed by atoms with Crippen LogP contribution in [0.4, 0.5) is 10.8 Å². The smallest absolute Gasteiger partial charge is 0.335 e. The second-order valence-electron chi connectivity index (χ2n) is 7.31. The number of aromatic carboxylic acids is 1. The Morgan fingerprint density at radius 3 is 2.53 bits per heavy atom. The van der Waals surface area contributed by atoms with E-state index in [9.17, 15) is 9.90 Å². The Morgan fingerprint density at radius 1 is 1.07 bits per heavy atom. The van der Waals surface area contributed by atoms with Gasteiger partial charge in [-0.2, -0.15) is 0 Å². The minimum Gasteiger partial charge on any atom is -0.478 e. The van der Waals surface area contributed by atoms with Crippen LogP contribution in [0.25, 0.3) is 11.3 Å². The lowest BCUT2D eigenvalue weighted by Crippen LogP contribution is -2.16. The average Bonchev–Trinajstić information content (AvgIpc) is 3.44. The van der Waals surface area contributed by atoms with E-state index in [4.69, 9.17) is 4.98 Å². The quantitative estimate of drug-likeness (QED) is 0.339. The summed E-state index contributed by atoms with van der Waals surface area (Å²) >= 11 is 3.24. The molecule has 2 aromatic heterocycles. The van der Waals surface area contributed by atoms with Gasteiger partial charge in [-0.25, -0.2) is 9.78 Å². The Kier molecular flexibility index (Phi) is 5.97. The van der Waals surface area contributed by atoms with Crippen molar-refractivity contribution in [2.45, 2.75) is 26.3 Å². The summed E-state index contributed by atoms with van der Waals surface area (Å²) in [5.74, 6) is -0.439. The third kappa shape index (κ3) is 4.45. The highest BCUT2D eigenvalue weighted by Crippen LogP contribution is 2.34. The second-order valence-corrected chi connectivity index (χ2v) is 9.18. The van der Waals surface area contributed by atoms with Crippen LogP contribution < -0.4 is 4.90 Å². The van der Waals surface area contributed by atoms with E-state index in [0.717, 1.165) is 22.1 Å². The first-order valence-corrected chi connectivity index (χ1v) is 11.5. The number of thiazole rings is 1. The molecule has 2 aromatic carbocycles. The Bertz CT molecular complexity index is 1130. The van der Waals surface area contributed by atoms with Gasteiger partial charge in [-0.05, 0) is 41.1 Å². The van der Waals surface area contributed by atoms with Gasteiger partial charge >= 0.3 is 5.97 Å². The molecule has 0 saturated heterocycles. The third-order valence-electron chi connectivity index (χ3n) is 4.89. The van der Waals surface area contributed by atoms with Crippen LogP contribution in [0.15, 0.2) is 71.4 Å². The van der Waals surface area contributed by atoms with Gasteiger partial charge in [-0.1, -0.05) is 50.2 Å². The van der Waals surface area contributed by atoms with Crippen molar-refractivity contribution >= 4 is 39.5 Å². The van der Waals surface area contributed by atoms with Crippen LogP contribution in [0.2, 0.25) is 0 Å². The molecule has 0 radical (unpaired) electrons. The molecule has 0 atom stereocenters. The third-order valence-corrected chi connectivity index (χ3v) is 6.62. The molecule has 0 unspecified atom stereocenters. The van der Waals surface area contributed by atoms with Gasteiger partial charge < -0.3 is 10.0 Å². The maximum Gasteiger partial charge on any atom is 0.335 e. The highest BCUT2D eigenvalue weighted by Gasteiger charge is 2.17. The molecular weight excluding hydrogens is 412 g/mol. The largest absolute Gasteiger partial charge is 0.478 e. The molecular formula is C24H22N2O2S2. The van der Waals surface area contributed by atoms with Crippen molar-refractivity contribution in [3.63, 3.8) is 0 Å². The molecule has 0 aliphatic carbocycles. The van der Waals surface area contributed by atoms with Gasteiger partial charge in [0, 0.05) is 21.5 Å². The Hall–Kier alpha value is -2.96. The van der Waals surface area contributed by atoms with Crippen LogP contribution in [-0.2, 0) is 6.54 Å². The van der Waals surface area contributed by atoms with Gasteiger partial charge in [0.2, 0.25) is 0 Å². The van der Waals surface area contributed by atoms with Crippen molar-refractivity contribution in [3.05, 3.63) is 87.4 Å². The summed E-state index contributed by atoms with van der Waals surface area (Å²) in [6, 6.07) is 19.7. The fraction of sp³-hybridized carbons (Fsp3) is 0.167. The molecule has 0 aliphatic heterocycles. The molecule has 4 nitrogen and oxygen atoms in total. The number of benzene rings is 2. The highest BCUT2D eigenvalue weighted by molar-refractivity contribution is 7.14. The van der Waals surface area contributed by atoms with Crippen molar-refractivity contribution < 1.29 is 9.90 Å². The van der Waals surface area contributed by atoms with Gasteiger partial charge in [-0.15, -0.1) is 22.7 Å².